The van der Waals surface area contributed by atoms with E-state index >= 15 is 0 Å². The second-order valence-electron chi connectivity index (χ2n) is 4.19. The van der Waals surface area contributed by atoms with Gasteiger partial charge in [-0.1, -0.05) is 34.5 Å². The summed E-state index contributed by atoms with van der Waals surface area (Å²) >= 11 is 13.1. The first-order valence-electron chi connectivity index (χ1n) is 5.81. The average Bonchev–Trinajstić information content (AvgIpc) is 2.82. The number of nitrogens with one attached hydrogen (secondary N) is 1. The maximum Gasteiger partial charge on any atom is 0.260 e. The van der Waals surface area contributed by atoms with Crippen LogP contribution in [0.15, 0.2) is 30.5 Å². The lowest BCUT2D eigenvalue weighted by atomic mass is 10.2. The zero-order valence-corrected chi connectivity index (χ0v) is 12.8. The summed E-state index contributed by atoms with van der Waals surface area (Å²) in [6, 6.07) is 6.79. The lowest BCUT2D eigenvalue weighted by molar-refractivity contribution is 0.102. The van der Waals surface area contributed by atoms with Gasteiger partial charge >= 0.3 is 0 Å². The molecule has 0 fully saturated rings. The predicted octanol–water partition coefficient (Wildman–Crippen LogP) is 3.83. The predicted molar refractivity (Wildman–Crippen MR) is 86.2 cm³/mol. The van der Waals surface area contributed by atoms with E-state index in [1.54, 1.807) is 18.2 Å². The largest absolute Gasteiger partial charge is 0.397 e. The molecule has 0 atom stereocenters. The number of benzene rings is 1. The SMILES string of the molecule is Nc1cnc(Cl)c(C(=O)Nc2nc3ccc(Cl)cc3s2)c1. The molecule has 3 aromatic rings. The van der Waals surface area contributed by atoms with Gasteiger partial charge in [0.25, 0.3) is 5.91 Å². The van der Waals surface area contributed by atoms with Crippen LogP contribution < -0.4 is 11.1 Å². The highest BCUT2D eigenvalue weighted by atomic mass is 35.5. The molecule has 3 rings (SSSR count). The van der Waals surface area contributed by atoms with Crippen LogP contribution in [0, 0.1) is 0 Å². The van der Waals surface area contributed by atoms with Crippen LogP contribution in [0.4, 0.5) is 10.8 Å². The van der Waals surface area contributed by atoms with Crippen molar-refractivity contribution in [1.29, 1.82) is 0 Å². The third-order valence-corrected chi connectivity index (χ3v) is 4.15. The molecule has 0 aliphatic rings. The minimum atomic E-state index is -0.412. The summed E-state index contributed by atoms with van der Waals surface area (Å²) in [7, 11) is 0. The van der Waals surface area contributed by atoms with Crippen LogP contribution in [0.25, 0.3) is 10.2 Å². The summed E-state index contributed by atoms with van der Waals surface area (Å²) < 4.78 is 0.884. The first-order chi connectivity index (χ1) is 10.0. The number of aromatic nitrogens is 2. The molecule has 0 aliphatic carbocycles. The molecule has 0 bridgehead atoms. The number of rotatable bonds is 2. The lowest BCUT2D eigenvalue weighted by Crippen LogP contribution is -2.13. The molecular formula is C13H8Cl2N4OS. The second-order valence-corrected chi connectivity index (χ2v) is 6.02. The Hall–Kier alpha value is -1.89. The summed E-state index contributed by atoms with van der Waals surface area (Å²) in [4.78, 5) is 20.3. The van der Waals surface area contributed by atoms with Crippen molar-refractivity contribution in [3.8, 4) is 0 Å². The summed E-state index contributed by atoms with van der Waals surface area (Å²) in [6.07, 6.45) is 1.39. The van der Waals surface area contributed by atoms with Crippen LogP contribution in [-0.2, 0) is 0 Å². The van der Waals surface area contributed by atoms with E-state index < -0.39 is 5.91 Å². The topological polar surface area (TPSA) is 80.9 Å². The fourth-order valence-corrected chi connectivity index (χ4v) is 3.07. The molecule has 8 heteroatoms. The van der Waals surface area contributed by atoms with Gasteiger partial charge in [-0.15, -0.1) is 0 Å². The standard InChI is InChI=1S/C13H8Cl2N4OS/c14-6-1-2-9-10(3-6)21-13(18-9)19-12(20)8-4-7(16)5-17-11(8)15/h1-5H,16H2,(H,18,19,20). The zero-order valence-electron chi connectivity index (χ0n) is 10.4. The number of anilines is 2. The third-order valence-electron chi connectivity index (χ3n) is 2.68. The van der Waals surface area contributed by atoms with Gasteiger partial charge in [0.2, 0.25) is 0 Å². The number of carbonyl (C=O) groups is 1. The molecule has 1 amide bonds. The van der Waals surface area contributed by atoms with Crippen molar-refractivity contribution in [3.05, 3.63) is 46.2 Å². The molecule has 0 spiro atoms. The molecule has 0 unspecified atom stereocenters. The molecule has 0 radical (unpaired) electrons. The number of nitrogens with zero attached hydrogens (tertiary/aromatic N) is 2. The van der Waals surface area contributed by atoms with Crippen molar-refractivity contribution < 1.29 is 4.79 Å². The van der Waals surface area contributed by atoms with Crippen molar-refractivity contribution >= 4 is 61.5 Å². The Balaban J connectivity index is 1.90. The number of nitrogen functional groups attached to an aromatic ring is 1. The first-order valence-corrected chi connectivity index (χ1v) is 7.38. The van der Waals surface area contributed by atoms with E-state index in [9.17, 15) is 4.79 Å². The Kier molecular flexibility index (Phi) is 3.67. The van der Waals surface area contributed by atoms with Crippen molar-refractivity contribution in [2.45, 2.75) is 0 Å². The first kappa shape index (κ1) is 14.1. The van der Waals surface area contributed by atoms with E-state index in [4.69, 9.17) is 28.9 Å². The van der Waals surface area contributed by atoms with E-state index in [1.165, 1.54) is 23.6 Å². The monoisotopic (exact) mass is 338 g/mol. The van der Waals surface area contributed by atoms with Gasteiger partial charge in [0.15, 0.2) is 5.13 Å². The average molecular weight is 339 g/mol. The number of pyridine rings is 1. The van der Waals surface area contributed by atoms with Gasteiger partial charge in [-0.3, -0.25) is 10.1 Å². The van der Waals surface area contributed by atoms with Gasteiger partial charge in [-0.05, 0) is 24.3 Å². The van der Waals surface area contributed by atoms with Crippen molar-refractivity contribution in [2.24, 2.45) is 0 Å². The highest BCUT2D eigenvalue weighted by molar-refractivity contribution is 7.22. The highest BCUT2D eigenvalue weighted by Crippen LogP contribution is 2.29. The quantitative estimate of drug-likeness (QED) is 0.695. The summed E-state index contributed by atoms with van der Waals surface area (Å²) in [5, 5.41) is 3.84. The van der Waals surface area contributed by atoms with Crippen LogP contribution >= 0.6 is 34.5 Å². The van der Waals surface area contributed by atoms with Gasteiger partial charge in [-0.2, -0.15) is 0 Å². The minimum absolute atomic E-state index is 0.0888. The fourth-order valence-electron chi connectivity index (χ4n) is 1.74. The van der Waals surface area contributed by atoms with Gasteiger partial charge in [-0.25, -0.2) is 9.97 Å². The number of amides is 1. The molecule has 5 nitrogen and oxygen atoms in total. The van der Waals surface area contributed by atoms with Crippen LogP contribution in [0.2, 0.25) is 10.2 Å². The van der Waals surface area contributed by atoms with Crippen molar-refractivity contribution in [3.63, 3.8) is 0 Å². The Labute approximate surface area is 133 Å². The second kappa shape index (κ2) is 5.48. The van der Waals surface area contributed by atoms with Crippen molar-refractivity contribution in [1.82, 2.24) is 9.97 Å². The van der Waals surface area contributed by atoms with Gasteiger partial charge in [0, 0.05) is 5.02 Å². The Morgan fingerprint density at radius 3 is 2.90 bits per heavy atom. The van der Waals surface area contributed by atoms with Crippen LogP contribution in [-0.4, -0.2) is 15.9 Å². The van der Waals surface area contributed by atoms with Crippen LogP contribution in [0.3, 0.4) is 0 Å². The summed E-state index contributed by atoms with van der Waals surface area (Å²) in [6.45, 7) is 0. The molecule has 2 heterocycles. The molecule has 21 heavy (non-hydrogen) atoms. The normalized spacial score (nSPS) is 10.8. The Morgan fingerprint density at radius 1 is 1.29 bits per heavy atom. The minimum Gasteiger partial charge on any atom is -0.397 e. The van der Waals surface area contributed by atoms with Gasteiger partial charge in [0.05, 0.1) is 27.7 Å². The summed E-state index contributed by atoms with van der Waals surface area (Å²) in [5.41, 5.74) is 6.93. The number of fused-ring (bicyclic) bond motifs is 1. The van der Waals surface area contributed by atoms with Gasteiger partial charge in [0.1, 0.15) is 5.15 Å². The zero-order chi connectivity index (χ0) is 15.0. The molecule has 2 aromatic heterocycles. The van der Waals surface area contributed by atoms with Gasteiger partial charge < -0.3 is 5.73 Å². The Bertz CT molecular complexity index is 849. The number of carbonyl (C=O) groups excluding carboxylic acids is 1. The smallest absolute Gasteiger partial charge is 0.260 e. The van der Waals surface area contributed by atoms with Crippen LogP contribution in [0.5, 0.6) is 0 Å². The maximum absolute atomic E-state index is 12.2. The van der Waals surface area contributed by atoms with E-state index in [1.807, 2.05) is 0 Å². The molecule has 3 N–H and O–H groups in total. The van der Waals surface area contributed by atoms with Crippen molar-refractivity contribution in [2.75, 3.05) is 11.1 Å². The van der Waals surface area contributed by atoms with E-state index in [0.717, 1.165) is 10.2 Å². The lowest BCUT2D eigenvalue weighted by Gasteiger charge is -2.04. The summed E-state index contributed by atoms with van der Waals surface area (Å²) in [5.74, 6) is -0.412. The maximum atomic E-state index is 12.2. The Morgan fingerprint density at radius 2 is 2.10 bits per heavy atom. The van der Waals surface area contributed by atoms with E-state index in [-0.39, 0.29) is 10.7 Å². The highest BCUT2D eigenvalue weighted by Gasteiger charge is 2.14. The molecule has 1 aromatic carbocycles. The molecular weight excluding hydrogens is 331 g/mol. The number of halogens is 2. The molecule has 0 saturated heterocycles. The molecule has 106 valence electrons. The fraction of sp³-hybridized carbons (Fsp3) is 0. The third kappa shape index (κ3) is 2.92. The number of hydrogen-bond donors (Lipinski definition) is 2. The number of nitrogens with two attached hydrogens (primary N) is 1. The van der Waals surface area contributed by atoms with E-state index in [2.05, 4.69) is 15.3 Å². The molecule has 0 saturated carbocycles. The van der Waals surface area contributed by atoms with E-state index in [0.29, 0.717) is 15.8 Å². The number of thiazole rings is 1. The van der Waals surface area contributed by atoms with Crippen LogP contribution in [0.1, 0.15) is 10.4 Å². The number of hydrogen-bond acceptors (Lipinski definition) is 5. The molecule has 0 aliphatic heterocycles.